The minimum atomic E-state index is -0.407. The second kappa shape index (κ2) is 6.98. The number of rotatable bonds is 3. The van der Waals surface area contributed by atoms with E-state index >= 15 is 0 Å². The molecule has 1 N–H and O–H groups in total. The van der Waals surface area contributed by atoms with Crippen LogP contribution >= 0.6 is 0 Å². The molecule has 1 aliphatic heterocycles. The zero-order valence-corrected chi connectivity index (χ0v) is 13.4. The topological polar surface area (TPSA) is 110 Å². The highest BCUT2D eigenvalue weighted by Crippen LogP contribution is 2.19. The SMILES string of the molecule is N#Cc1ccc2c(C(=O)NCC(=O)N3CCCC3C#N)ccnc2c1. The molecule has 2 amide bonds. The quantitative estimate of drug-likeness (QED) is 0.911. The van der Waals surface area contributed by atoms with Crippen molar-refractivity contribution in [1.82, 2.24) is 15.2 Å². The van der Waals surface area contributed by atoms with Crippen molar-refractivity contribution in [3.63, 3.8) is 0 Å². The number of likely N-dealkylation sites (tertiary alicyclic amines) is 1. The largest absolute Gasteiger partial charge is 0.343 e. The highest BCUT2D eigenvalue weighted by atomic mass is 16.2. The Hall–Kier alpha value is -3.45. The van der Waals surface area contributed by atoms with Gasteiger partial charge in [-0.3, -0.25) is 14.6 Å². The molecule has 2 aromatic rings. The Kier molecular flexibility index (Phi) is 4.58. The smallest absolute Gasteiger partial charge is 0.252 e. The van der Waals surface area contributed by atoms with Crippen LogP contribution < -0.4 is 5.32 Å². The van der Waals surface area contributed by atoms with Crippen LogP contribution in [0.4, 0.5) is 0 Å². The second-order valence-corrected chi connectivity index (χ2v) is 5.76. The molecule has 25 heavy (non-hydrogen) atoms. The second-order valence-electron chi connectivity index (χ2n) is 5.76. The molecule has 1 fully saturated rings. The van der Waals surface area contributed by atoms with Crippen LogP contribution in [-0.2, 0) is 4.79 Å². The fourth-order valence-corrected chi connectivity index (χ4v) is 2.97. The summed E-state index contributed by atoms with van der Waals surface area (Å²) in [4.78, 5) is 30.3. The van der Waals surface area contributed by atoms with Crippen LogP contribution in [0.25, 0.3) is 10.9 Å². The molecule has 0 spiro atoms. The first-order valence-corrected chi connectivity index (χ1v) is 7.90. The molecular weight excluding hydrogens is 318 g/mol. The third-order valence-electron chi connectivity index (χ3n) is 4.24. The van der Waals surface area contributed by atoms with Crippen LogP contribution in [0.15, 0.2) is 30.5 Å². The number of nitriles is 2. The molecule has 7 heteroatoms. The van der Waals surface area contributed by atoms with Gasteiger partial charge in [0.05, 0.1) is 35.3 Å². The van der Waals surface area contributed by atoms with Gasteiger partial charge in [0.2, 0.25) is 5.91 Å². The monoisotopic (exact) mass is 333 g/mol. The van der Waals surface area contributed by atoms with Crippen LogP contribution in [0.2, 0.25) is 0 Å². The van der Waals surface area contributed by atoms with E-state index in [1.807, 2.05) is 6.07 Å². The van der Waals surface area contributed by atoms with Gasteiger partial charge in [-0.05, 0) is 31.0 Å². The summed E-state index contributed by atoms with van der Waals surface area (Å²) >= 11 is 0. The molecule has 1 unspecified atom stereocenters. The summed E-state index contributed by atoms with van der Waals surface area (Å²) in [5.41, 5.74) is 1.40. The number of aromatic nitrogens is 1. The normalized spacial score (nSPS) is 16.2. The number of carbonyl (C=O) groups excluding carboxylic acids is 2. The maximum absolute atomic E-state index is 12.4. The van der Waals surface area contributed by atoms with E-state index in [2.05, 4.69) is 16.4 Å². The Labute approximate surface area is 144 Å². The lowest BCUT2D eigenvalue weighted by Gasteiger charge is -2.19. The standard InChI is InChI=1S/C18H15N5O2/c19-9-12-3-4-14-15(5-6-21-16(14)8-12)18(25)22-11-17(24)23-7-1-2-13(23)10-20/h3-6,8,13H,1-2,7,11H2,(H,22,25). The van der Waals surface area contributed by atoms with Gasteiger partial charge in [-0.25, -0.2) is 0 Å². The molecule has 1 aromatic carbocycles. The Bertz CT molecular complexity index is 925. The summed E-state index contributed by atoms with van der Waals surface area (Å²) in [5.74, 6) is -0.652. The summed E-state index contributed by atoms with van der Waals surface area (Å²) in [6.07, 6.45) is 2.97. The summed E-state index contributed by atoms with van der Waals surface area (Å²) in [6, 6.07) is 10.2. The van der Waals surface area contributed by atoms with E-state index in [1.54, 1.807) is 24.3 Å². The van der Waals surface area contributed by atoms with E-state index in [9.17, 15) is 9.59 Å². The molecule has 7 nitrogen and oxygen atoms in total. The highest BCUT2D eigenvalue weighted by Gasteiger charge is 2.28. The van der Waals surface area contributed by atoms with Crippen molar-refractivity contribution in [2.45, 2.75) is 18.9 Å². The van der Waals surface area contributed by atoms with Gasteiger partial charge in [-0.1, -0.05) is 6.07 Å². The Morgan fingerprint density at radius 3 is 2.92 bits per heavy atom. The van der Waals surface area contributed by atoms with E-state index in [-0.39, 0.29) is 12.5 Å². The number of amides is 2. The first-order chi connectivity index (χ1) is 12.1. The van der Waals surface area contributed by atoms with E-state index in [1.165, 1.54) is 11.1 Å². The van der Waals surface area contributed by atoms with Crippen molar-refractivity contribution in [3.8, 4) is 12.1 Å². The third kappa shape index (κ3) is 3.26. The summed E-state index contributed by atoms with van der Waals surface area (Å²) in [7, 11) is 0. The number of nitrogens with zero attached hydrogens (tertiary/aromatic N) is 4. The molecule has 124 valence electrons. The molecule has 0 aliphatic carbocycles. The maximum atomic E-state index is 12.4. The molecule has 1 aliphatic rings. The van der Waals surface area contributed by atoms with Crippen molar-refractivity contribution in [2.24, 2.45) is 0 Å². The Balaban J connectivity index is 1.74. The third-order valence-corrected chi connectivity index (χ3v) is 4.24. The fourth-order valence-electron chi connectivity index (χ4n) is 2.97. The van der Waals surface area contributed by atoms with Gasteiger partial charge in [-0.15, -0.1) is 0 Å². The maximum Gasteiger partial charge on any atom is 0.252 e. The summed E-state index contributed by atoms with van der Waals surface area (Å²) < 4.78 is 0. The molecule has 2 heterocycles. The fraction of sp³-hybridized carbons (Fsp3) is 0.278. The van der Waals surface area contributed by atoms with Crippen molar-refractivity contribution in [1.29, 1.82) is 10.5 Å². The van der Waals surface area contributed by atoms with Crippen LogP contribution in [0.5, 0.6) is 0 Å². The molecule has 1 aromatic heterocycles. The predicted molar refractivity (Wildman–Crippen MR) is 89.1 cm³/mol. The number of nitrogens with one attached hydrogen (secondary N) is 1. The lowest BCUT2D eigenvalue weighted by molar-refractivity contribution is -0.130. The Morgan fingerprint density at radius 2 is 2.16 bits per heavy atom. The number of benzene rings is 1. The van der Waals surface area contributed by atoms with E-state index in [4.69, 9.17) is 10.5 Å². The molecule has 0 radical (unpaired) electrons. The number of hydrogen-bond donors (Lipinski definition) is 1. The van der Waals surface area contributed by atoms with Gasteiger partial charge in [0.25, 0.3) is 5.91 Å². The van der Waals surface area contributed by atoms with Crippen LogP contribution in [0.3, 0.4) is 0 Å². The number of pyridine rings is 1. The summed E-state index contributed by atoms with van der Waals surface area (Å²) in [5, 5.41) is 21.2. The molecule has 0 saturated carbocycles. The lowest BCUT2D eigenvalue weighted by atomic mass is 10.1. The van der Waals surface area contributed by atoms with Gasteiger partial charge in [0.15, 0.2) is 0 Å². The first-order valence-electron chi connectivity index (χ1n) is 7.90. The molecule has 1 saturated heterocycles. The number of fused-ring (bicyclic) bond motifs is 1. The average molecular weight is 333 g/mol. The van der Waals surface area contributed by atoms with Crippen LogP contribution in [0.1, 0.15) is 28.8 Å². The molecular formula is C18H15N5O2. The predicted octanol–water partition coefficient (Wildman–Crippen LogP) is 1.35. The van der Waals surface area contributed by atoms with Crippen molar-refractivity contribution < 1.29 is 9.59 Å². The van der Waals surface area contributed by atoms with Gasteiger partial charge < -0.3 is 10.2 Å². The van der Waals surface area contributed by atoms with Gasteiger partial charge in [-0.2, -0.15) is 10.5 Å². The number of hydrogen-bond acceptors (Lipinski definition) is 5. The molecule has 0 bridgehead atoms. The van der Waals surface area contributed by atoms with Crippen molar-refractivity contribution >= 4 is 22.7 Å². The summed E-state index contributed by atoms with van der Waals surface area (Å²) in [6.45, 7) is 0.388. The minimum Gasteiger partial charge on any atom is -0.343 e. The van der Waals surface area contributed by atoms with E-state index < -0.39 is 11.9 Å². The first kappa shape index (κ1) is 16.4. The Morgan fingerprint density at radius 1 is 1.32 bits per heavy atom. The number of carbonyl (C=O) groups is 2. The van der Waals surface area contributed by atoms with E-state index in [0.29, 0.717) is 35.0 Å². The highest BCUT2D eigenvalue weighted by molar-refractivity contribution is 6.07. The van der Waals surface area contributed by atoms with Crippen molar-refractivity contribution in [2.75, 3.05) is 13.1 Å². The van der Waals surface area contributed by atoms with Gasteiger partial charge in [0.1, 0.15) is 6.04 Å². The lowest BCUT2D eigenvalue weighted by Crippen LogP contribution is -2.42. The van der Waals surface area contributed by atoms with Crippen molar-refractivity contribution in [3.05, 3.63) is 41.6 Å². The zero-order valence-electron chi connectivity index (χ0n) is 13.4. The van der Waals surface area contributed by atoms with Gasteiger partial charge >= 0.3 is 0 Å². The van der Waals surface area contributed by atoms with Gasteiger partial charge in [0, 0.05) is 18.1 Å². The van der Waals surface area contributed by atoms with E-state index in [0.717, 1.165) is 6.42 Å². The molecule has 1 atom stereocenters. The molecule has 3 rings (SSSR count). The zero-order chi connectivity index (χ0) is 17.8. The van der Waals surface area contributed by atoms with Crippen LogP contribution in [0, 0.1) is 22.7 Å². The van der Waals surface area contributed by atoms with Crippen LogP contribution in [-0.4, -0.2) is 40.8 Å². The minimum absolute atomic E-state index is 0.156. The average Bonchev–Trinajstić information content (AvgIpc) is 3.13.